The van der Waals surface area contributed by atoms with Gasteiger partial charge in [0.1, 0.15) is 0 Å². The molecule has 1 aromatic rings. The summed E-state index contributed by atoms with van der Waals surface area (Å²) in [5, 5.41) is 5.63. The Balaban J connectivity index is 2.71. The van der Waals surface area contributed by atoms with E-state index in [2.05, 4.69) is 10.6 Å². The highest BCUT2D eigenvalue weighted by Gasteiger charge is 2.10. The van der Waals surface area contributed by atoms with Gasteiger partial charge in [-0.15, -0.1) is 0 Å². The molecule has 0 bridgehead atoms. The first-order valence-electron chi connectivity index (χ1n) is 6.59. The van der Waals surface area contributed by atoms with Crippen LogP contribution in [0.5, 0.6) is 0 Å². The molecule has 0 spiro atoms. The van der Waals surface area contributed by atoms with Crippen molar-refractivity contribution in [2.75, 3.05) is 11.9 Å². The van der Waals surface area contributed by atoms with Gasteiger partial charge in [-0.25, -0.2) is 0 Å². The lowest BCUT2D eigenvalue weighted by molar-refractivity contribution is -0.118. The molecule has 0 radical (unpaired) electrons. The molecule has 0 atom stereocenters. The summed E-state index contributed by atoms with van der Waals surface area (Å²) >= 11 is 0. The second-order valence-electron chi connectivity index (χ2n) is 5.33. The van der Waals surface area contributed by atoms with Crippen LogP contribution in [0.4, 0.5) is 5.69 Å². The molecular formula is C15H22N2O2. The minimum absolute atomic E-state index is 0.0558. The van der Waals surface area contributed by atoms with E-state index in [1.165, 1.54) is 0 Å². The first-order valence-corrected chi connectivity index (χ1v) is 6.59. The fraction of sp³-hybridized carbons (Fsp3) is 0.467. The van der Waals surface area contributed by atoms with Crippen molar-refractivity contribution < 1.29 is 9.59 Å². The Morgan fingerprint density at radius 2 is 1.84 bits per heavy atom. The lowest BCUT2D eigenvalue weighted by atomic mass is 10.1. The molecule has 1 rings (SSSR count). The minimum atomic E-state index is -0.116. The fourth-order valence-corrected chi connectivity index (χ4v) is 1.42. The second-order valence-corrected chi connectivity index (χ2v) is 5.33. The maximum Gasteiger partial charge on any atom is 0.251 e. The van der Waals surface area contributed by atoms with E-state index < -0.39 is 0 Å². The van der Waals surface area contributed by atoms with Crippen LogP contribution in [0.25, 0.3) is 0 Å². The van der Waals surface area contributed by atoms with Crippen LogP contribution in [0.2, 0.25) is 0 Å². The number of nitrogens with one attached hydrogen (secondary N) is 2. The Hall–Kier alpha value is -1.84. The number of anilines is 1. The van der Waals surface area contributed by atoms with Crippen LogP contribution < -0.4 is 10.6 Å². The smallest absolute Gasteiger partial charge is 0.251 e. The Bertz CT molecular complexity index is 453. The summed E-state index contributed by atoms with van der Waals surface area (Å²) in [6, 6.07) is 6.97. The molecule has 2 N–H and O–H groups in total. The van der Waals surface area contributed by atoms with Gasteiger partial charge in [0.15, 0.2) is 0 Å². The summed E-state index contributed by atoms with van der Waals surface area (Å²) in [6.07, 6.45) is 0. The molecule has 19 heavy (non-hydrogen) atoms. The first-order chi connectivity index (χ1) is 8.90. The second kappa shape index (κ2) is 6.92. The zero-order valence-electron chi connectivity index (χ0n) is 12.0. The van der Waals surface area contributed by atoms with E-state index >= 15 is 0 Å². The third-order valence-electron chi connectivity index (χ3n) is 2.59. The number of carbonyl (C=O) groups is 2. The topological polar surface area (TPSA) is 58.2 Å². The van der Waals surface area contributed by atoms with Crippen molar-refractivity contribution in [3.05, 3.63) is 29.8 Å². The fourth-order valence-electron chi connectivity index (χ4n) is 1.42. The average molecular weight is 262 g/mol. The van der Waals surface area contributed by atoms with Crippen molar-refractivity contribution in [1.82, 2.24) is 5.32 Å². The van der Waals surface area contributed by atoms with Crippen LogP contribution in [0, 0.1) is 11.8 Å². The Morgan fingerprint density at radius 1 is 1.16 bits per heavy atom. The van der Waals surface area contributed by atoms with Gasteiger partial charge in [-0.1, -0.05) is 33.8 Å². The van der Waals surface area contributed by atoms with E-state index in [0.29, 0.717) is 23.7 Å². The molecule has 0 aliphatic carbocycles. The molecule has 0 saturated heterocycles. The number of hydrogen-bond donors (Lipinski definition) is 2. The third kappa shape index (κ3) is 5.12. The van der Waals surface area contributed by atoms with E-state index in [4.69, 9.17) is 0 Å². The zero-order chi connectivity index (χ0) is 14.4. The van der Waals surface area contributed by atoms with Crippen LogP contribution in [0.15, 0.2) is 24.3 Å². The predicted octanol–water partition coefficient (Wildman–Crippen LogP) is 2.67. The molecule has 0 aromatic heterocycles. The molecule has 4 heteroatoms. The van der Waals surface area contributed by atoms with Crippen molar-refractivity contribution in [1.29, 1.82) is 0 Å². The number of rotatable bonds is 5. The number of hydrogen-bond acceptors (Lipinski definition) is 2. The Morgan fingerprint density at radius 3 is 2.42 bits per heavy atom. The SMILES string of the molecule is CC(C)CNC(=O)c1cccc(NC(=O)C(C)C)c1. The van der Waals surface area contributed by atoms with E-state index in [1.807, 2.05) is 27.7 Å². The van der Waals surface area contributed by atoms with Gasteiger partial charge in [0, 0.05) is 23.7 Å². The summed E-state index contributed by atoms with van der Waals surface area (Å²) in [5.41, 5.74) is 1.21. The molecule has 1 aromatic carbocycles. The zero-order valence-corrected chi connectivity index (χ0v) is 12.0. The number of carbonyl (C=O) groups excluding carboxylic acids is 2. The van der Waals surface area contributed by atoms with Crippen molar-refractivity contribution in [2.24, 2.45) is 11.8 Å². The molecule has 0 fully saturated rings. The maximum absolute atomic E-state index is 11.9. The molecule has 0 aliphatic heterocycles. The van der Waals surface area contributed by atoms with E-state index in [0.717, 1.165) is 0 Å². The molecular weight excluding hydrogens is 240 g/mol. The third-order valence-corrected chi connectivity index (χ3v) is 2.59. The summed E-state index contributed by atoms with van der Waals surface area (Å²) in [5.74, 6) is 0.153. The van der Waals surface area contributed by atoms with E-state index in [1.54, 1.807) is 24.3 Å². The first kappa shape index (κ1) is 15.2. The van der Waals surface area contributed by atoms with Crippen LogP contribution in [-0.4, -0.2) is 18.4 Å². The van der Waals surface area contributed by atoms with Gasteiger partial charge in [-0.2, -0.15) is 0 Å². The highest BCUT2D eigenvalue weighted by Crippen LogP contribution is 2.12. The molecule has 0 saturated carbocycles. The summed E-state index contributed by atoms with van der Waals surface area (Å²) in [6.45, 7) is 8.38. The lowest BCUT2D eigenvalue weighted by Crippen LogP contribution is -2.27. The lowest BCUT2D eigenvalue weighted by Gasteiger charge is -2.10. The van der Waals surface area contributed by atoms with Gasteiger partial charge < -0.3 is 10.6 Å². The van der Waals surface area contributed by atoms with Crippen LogP contribution in [-0.2, 0) is 4.79 Å². The van der Waals surface area contributed by atoms with Crippen LogP contribution in [0.1, 0.15) is 38.1 Å². The van der Waals surface area contributed by atoms with Crippen molar-refractivity contribution in [3.63, 3.8) is 0 Å². The number of benzene rings is 1. The highest BCUT2D eigenvalue weighted by atomic mass is 16.2. The summed E-state index contributed by atoms with van der Waals surface area (Å²) in [7, 11) is 0. The van der Waals surface area contributed by atoms with Gasteiger partial charge in [-0.3, -0.25) is 9.59 Å². The van der Waals surface area contributed by atoms with E-state index in [9.17, 15) is 9.59 Å². The molecule has 104 valence electrons. The van der Waals surface area contributed by atoms with E-state index in [-0.39, 0.29) is 17.7 Å². The maximum atomic E-state index is 11.9. The van der Waals surface area contributed by atoms with Gasteiger partial charge in [-0.05, 0) is 24.1 Å². The largest absolute Gasteiger partial charge is 0.352 e. The van der Waals surface area contributed by atoms with Gasteiger partial charge in [0.25, 0.3) is 5.91 Å². The highest BCUT2D eigenvalue weighted by molar-refractivity contribution is 5.97. The average Bonchev–Trinajstić information content (AvgIpc) is 2.36. The normalized spacial score (nSPS) is 10.6. The van der Waals surface area contributed by atoms with Crippen LogP contribution >= 0.6 is 0 Å². The van der Waals surface area contributed by atoms with Crippen molar-refractivity contribution in [3.8, 4) is 0 Å². The molecule has 0 unspecified atom stereocenters. The number of amides is 2. The Kier molecular flexibility index (Phi) is 5.55. The Labute approximate surface area is 114 Å². The van der Waals surface area contributed by atoms with Crippen molar-refractivity contribution in [2.45, 2.75) is 27.7 Å². The predicted molar refractivity (Wildman–Crippen MR) is 77.1 cm³/mol. The van der Waals surface area contributed by atoms with Crippen LogP contribution in [0.3, 0.4) is 0 Å². The van der Waals surface area contributed by atoms with Crippen molar-refractivity contribution >= 4 is 17.5 Å². The monoisotopic (exact) mass is 262 g/mol. The van der Waals surface area contributed by atoms with Gasteiger partial charge >= 0.3 is 0 Å². The molecule has 4 nitrogen and oxygen atoms in total. The molecule has 2 amide bonds. The summed E-state index contributed by atoms with van der Waals surface area (Å²) in [4.78, 5) is 23.5. The van der Waals surface area contributed by atoms with Gasteiger partial charge in [0.2, 0.25) is 5.91 Å². The molecule has 0 aliphatic rings. The minimum Gasteiger partial charge on any atom is -0.352 e. The summed E-state index contributed by atoms with van der Waals surface area (Å²) < 4.78 is 0. The molecule has 0 heterocycles. The quantitative estimate of drug-likeness (QED) is 0.857. The standard InChI is InChI=1S/C15H22N2O2/c1-10(2)9-16-15(19)12-6-5-7-13(8-12)17-14(18)11(3)4/h5-8,10-11H,9H2,1-4H3,(H,16,19)(H,17,18). The van der Waals surface area contributed by atoms with Gasteiger partial charge in [0.05, 0.1) is 0 Å².